The van der Waals surface area contributed by atoms with Crippen LogP contribution in [0.5, 0.6) is 0 Å². The molecule has 0 aliphatic heterocycles. The van der Waals surface area contributed by atoms with Crippen molar-refractivity contribution >= 4 is 40.6 Å². The maximum atomic E-state index is 12.2. The van der Waals surface area contributed by atoms with Crippen molar-refractivity contribution in [1.29, 1.82) is 10.5 Å². The first-order valence-electron chi connectivity index (χ1n) is 11.5. The summed E-state index contributed by atoms with van der Waals surface area (Å²) in [5.41, 5.74) is 2.60. The van der Waals surface area contributed by atoms with Gasteiger partial charge in [-0.2, -0.15) is 10.5 Å². The minimum absolute atomic E-state index is 0.106. The van der Waals surface area contributed by atoms with Gasteiger partial charge in [0.1, 0.15) is 36.7 Å². The molecule has 0 bridgehead atoms. The van der Waals surface area contributed by atoms with Gasteiger partial charge in [-0.25, -0.2) is 0 Å². The summed E-state index contributed by atoms with van der Waals surface area (Å²) in [4.78, 5) is 36.4. The van der Waals surface area contributed by atoms with Crippen molar-refractivity contribution in [3.63, 3.8) is 0 Å². The van der Waals surface area contributed by atoms with E-state index in [1.807, 2.05) is 17.0 Å². The number of nitriles is 2. The lowest BCUT2D eigenvalue weighted by atomic mass is 10.1. The number of esters is 2. The van der Waals surface area contributed by atoms with E-state index >= 15 is 0 Å². The topological polar surface area (TPSA) is 157 Å². The van der Waals surface area contributed by atoms with Gasteiger partial charge in [-0.05, 0) is 42.8 Å². The fourth-order valence-electron chi connectivity index (χ4n) is 3.28. The lowest BCUT2D eigenvalue weighted by Gasteiger charge is -2.25. The van der Waals surface area contributed by atoms with Crippen molar-refractivity contribution in [3.8, 4) is 12.1 Å². The van der Waals surface area contributed by atoms with Gasteiger partial charge in [-0.3, -0.25) is 14.4 Å². The fourth-order valence-corrected chi connectivity index (χ4v) is 3.28. The Balaban J connectivity index is 2.47. The van der Waals surface area contributed by atoms with Crippen LogP contribution in [0.1, 0.15) is 43.9 Å². The molecule has 0 spiro atoms. The molecule has 2 aromatic carbocycles. The predicted molar refractivity (Wildman–Crippen MR) is 136 cm³/mol. The van der Waals surface area contributed by atoms with Crippen LogP contribution in [0.3, 0.4) is 0 Å². The molecule has 0 heterocycles. The van der Waals surface area contributed by atoms with Crippen molar-refractivity contribution in [2.24, 2.45) is 10.2 Å². The first kappa shape index (κ1) is 28.5. The van der Waals surface area contributed by atoms with E-state index in [4.69, 9.17) is 9.47 Å². The minimum Gasteiger partial charge on any atom is -0.464 e. The molecular weight excluding hydrogens is 476 g/mol. The number of carbonyl (C=O) groups is 3. The number of rotatable bonds is 11. The molecule has 0 atom stereocenters. The van der Waals surface area contributed by atoms with Crippen LogP contribution >= 0.6 is 0 Å². The Morgan fingerprint density at radius 1 is 0.946 bits per heavy atom. The number of carbonyl (C=O) groups excluding carboxylic acids is 3. The van der Waals surface area contributed by atoms with Gasteiger partial charge in [0.2, 0.25) is 5.91 Å². The average molecular weight is 505 g/mol. The minimum atomic E-state index is -0.420. The lowest BCUT2D eigenvalue weighted by Crippen LogP contribution is -2.32. The van der Waals surface area contributed by atoms with Crippen LogP contribution in [0.4, 0.5) is 22.7 Å². The summed E-state index contributed by atoms with van der Waals surface area (Å²) in [5.74, 6) is -1.10. The van der Waals surface area contributed by atoms with E-state index in [1.165, 1.54) is 13.8 Å². The molecule has 37 heavy (non-hydrogen) atoms. The number of hydrogen-bond donors (Lipinski definition) is 1. The standard InChI is InChI=1S/C26H28N6O5/c1-5-25(35)29-24-14-22(32(8-10-36-18(3)33)9-11-37-19(4)34)6-7-23(24)30-31-26-20(15-27)12-17(2)13-21(26)16-28/h6-7,12-14H,5,8-11H2,1-4H3,(H,29,35). The molecule has 11 nitrogen and oxygen atoms in total. The summed E-state index contributed by atoms with van der Waals surface area (Å²) in [7, 11) is 0. The Morgan fingerprint density at radius 3 is 2.00 bits per heavy atom. The molecule has 0 fully saturated rings. The van der Waals surface area contributed by atoms with Crippen LogP contribution in [0.15, 0.2) is 40.6 Å². The first-order chi connectivity index (χ1) is 17.7. The zero-order valence-electron chi connectivity index (χ0n) is 21.2. The monoisotopic (exact) mass is 504 g/mol. The van der Waals surface area contributed by atoms with Crippen LogP contribution in [-0.4, -0.2) is 44.1 Å². The second-order valence-corrected chi connectivity index (χ2v) is 7.90. The number of nitrogens with zero attached hydrogens (tertiary/aromatic N) is 5. The number of anilines is 2. The molecule has 2 aromatic rings. The number of hydrogen-bond acceptors (Lipinski definition) is 10. The van der Waals surface area contributed by atoms with E-state index in [0.717, 1.165) is 5.56 Å². The smallest absolute Gasteiger partial charge is 0.302 e. The summed E-state index contributed by atoms with van der Waals surface area (Å²) in [6.45, 7) is 6.93. The summed E-state index contributed by atoms with van der Waals surface area (Å²) in [5, 5.41) is 30.2. The van der Waals surface area contributed by atoms with Gasteiger partial charge in [0.05, 0.1) is 29.9 Å². The van der Waals surface area contributed by atoms with E-state index in [1.54, 1.807) is 44.2 Å². The third-order valence-electron chi connectivity index (χ3n) is 5.03. The van der Waals surface area contributed by atoms with Crippen molar-refractivity contribution in [2.45, 2.75) is 34.1 Å². The molecule has 0 aliphatic rings. The number of benzene rings is 2. The zero-order chi connectivity index (χ0) is 27.4. The van der Waals surface area contributed by atoms with Crippen molar-refractivity contribution in [3.05, 3.63) is 47.0 Å². The largest absolute Gasteiger partial charge is 0.464 e. The van der Waals surface area contributed by atoms with Gasteiger partial charge in [0.25, 0.3) is 0 Å². The van der Waals surface area contributed by atoms with Crippen LogP contribution < -0.4 is 10.2 Å². The SMILES string of the molecule is CCC(=O)Nc1cc(N(CCOC(C)=O)CCOC(C)=O)ccc1N=Nc1c(C#N)cc(C)cc1C#N. The fraction of sp³-hybridized carbons (Fsp3) is 0.346. The first-order valence-corrected chi connectivity index (χ1v) is 11.5. The van der Waals surface area contributed by atoms with Gasteiger partial charge >= 0.3 is 11.9 Å². The molecule has 2 rings (SSSR count). The van der Waals surface area contributed by atoms with E-state index in [9.17, 15) is 24.9 Å². The molecule has 11 heteroatoms. The lowest BCUT2D eigenvalue weighted by molar-refractivity contribution is -0.141. The summed E-state index contributed by atoms with van der Waals surface area (Å²) in [6.07, 6.45) is 0.221. The van der Waals surface area contributed by atoms with Crippen molar-refractivity contribution < 1.29 is 23.9 Å². The summed E-state index contributed by atoms with van der Waals surface area (Å²) in [6, 6.07) is 12.3. The molecule has 0 saturated carbocycles. The van der Waals surface area contributed by atoms with E-state index in [2.05, 4.69) is 15.5 Å². The van der Waals surface area contributed by atoms with Crippen molar-refractivity contribution in [2.75, 3.05) is 36.5 Å². The number of azo groups is 1. The second kappa shape index (κ2) is 14.0. The molecule has 0 unspecified atom stereocenters. The van der Waals surface area contributed by atoms with Gasteiger partial charge in [0.15, 0.2) is 0 Å². The highest BCUT2D eigenvalue weighted by molar-refractivity contribution is 5.94. The third kappa shape index (κ3) is 8.75. The number of amides is 1. The average Bonchev–Trinajstić information content (AvgIpc) is 2.86. The zero-order valence-corrected chi connectivity index (χ0v) is 21.2. The Hall–Kier alpha value is -4.77. The van der Waals surface area contributed by atoms with Gasteiger partial charge < -0.3 is 19.7 Å². The van der Waals surface area contributed by atoms with Gasteiger partial charge in [-0.1, -0.05) is 6.92 Å². The predicted octanol–water partition coefficient (Wildman–Crippen LogP) is 4.43. The molecule has 0 aliphatic carbocycles. The molecule has 0 radical (unpaired) electrons. The highest BCUT2D eigenvalue weighted by Gasteiger charge is 2.14. The highest BCUT2D eigenvalue weighted by Crippen LogP contribution is 2.33. The van der Waals surface area contributed by atoms with Crippen molar-refractivity contribution in [1.82, 2.24) is 0 Å². The summed E-state index contributed by atoms with van der Waals surface area (Å²) < 4.78 is 10.1. The van der Waals surface area contributed by atoms with E-state index < -0.39 is 11.9 Å². The number of nitrogens with one attached hydrogen (secondary N) is 1. The Morgan fingerprint density at radius 2 is 1.51 bits per heavy atom. The van der Waals surface area contributed by atoms with Crippen LogP contribution in [0, 0.1) is 29.6 Å². The molecule has 1 N–H and O–H groups in total. The second-order valence-electron chi connectivity index (χ2n) is 7.90. The maximum absolute atomic E-state index is 12.2. The van der Waals surface area contributed by atoms with Crippen LogP contribution in [0.25, 0.3) is 0 Å². The van der Waals surface area contributed by atoms with E-state index in [-0.39, 0.29) is 42.4 Å². The quantitative estimate of drug-likeness (QED) is 0.348. The Kier molecular flexibility index (Phi) is 10.7. The number of ether oxygens (including phenoxy) is 2. The van der Waals surface area contributed by atoms with Gasteiger partial charge in [-0.15, -0.1) is 10.2 Å². The van der Waals surface area contributed by atoms with Crippen LogP contribution in [-0.2, 0) is 23.9 Å². The maximum Gasteiger partial charge on any atom is 0.302 e. The van der Waals surface area contributed by atoms with Gasteiger partial charge in [0, 0.05) is 26.0 Å². The molecule has 0 aromatic heterocycles. The molecular formula is C26H28N6O5. The van der Waals surface area contributed by atoms with E-state index in [0.29, 0.717) is 30.2 Å². The molecule has 192 valence electrons. The number of aryl methyl sites for hydroxylation is 1. The molecule has 1 amide bonds. The normalized spacial score (nSPS) is 10.3. The van der Waals surface area contributed by atoms with Crippen LogP contribution in [0.2, 0.25) is 0 Å². The summed E-state index contributed by atoms with van der Waals surface area (Å²) >= 11 is 0. The highest BCUT2D eigenvalue weighted by atomic mass is 16.5. The molecule has 0 saturated heterocycles. The Labute approximate surface area is 215 Å². The third-order valence-corrected chi connectivity index (χ3v) is 5.03. The Bertz CT molecular complexity index is 1220.